The van der Waals surface area contributed by atoms with Gasteiger partial charge in [0.1, 0.15) is 5.75 Å². The third-order valence-corrected chi connectivity index (χ3v) is 3.53. The molecule has 0 fully saturated rings. The molecule has 1 atom stereocenters. The van der Waals surface area contributed by atoms with E-state index in [9.17, 15) is 4.79 Å². The molecule has 0 aliphatic heterocycles. The average molecular weight is 283 g/mol. The highest BCUT2D eigenvalue weighted by Crippen LogP contribution is 2.19. The molecule has 2 aromatic rings. The number of amides is 1. The molecule has 3 nitrogen and oxygen atoms in total. The number of rotatable bonds is 4. The van der Waals surface area contributed by atoms with Gasteiger partial charge in [-0.3, -0.25) is 4.79 Å². The molecule has 0 spiro atoms. The molecule has 3 heteroatoms. The van der Waals surface area contributed by atoms with Crippen molar-refractivity contribution >= 4 is 11.6 Å². The normalized spacial score (nSPS) is 11.8. The summed E-state index contributed by atoms with van der Waals surface area (Å²) in [4.78, 5) is 12.2. The highest BCUT2D eigenvalue weighted by Gasteiger charge is 2.16. The Morgan fingerprint density at radius 1 is 1.10 bits per heavy atom. The topological polar surface area (TPSA) is 38.3 Å². The molecule has 110 valence electrons. The predicted octanol–water partition coefficient (Wildman–Crippen LogP) is 4.02. The maximum atomic E-state index is 12.2. The zero-order valence-corrected chi connectivity index (χ0v) is 12.9. The first kappa shape index (κ1) is 15.1. The van der Waals surface area contributed by atoms with Crippen LogP contribution in [0.25, 0.3) is 0 Å². The van der Waals surface area contributed by atoms with Crippen LogP contribution in [-0.4, -0.2) is 12.0 Å². The molecule has 0 bridgehead atoms. The van der Waals surface area contributed by atoms with Gasteiger partial charge in [-0.1, -0.05) is 24.3 Å². The standard InChI is InChI=1S/C18H21NO2/c1-12-7-5-9-16(11-12)21-15(4)18(20)19-17-10-6-8-13(2)14(17)3/h5-11,15H,1-4H3,(H,19,20). The van der Waals surface area contributed by atoms with Gasteiger partial charge < -0.3 is 10.1 Å². The van der Waals surface area contributed by atoms with Gasteiger partial charge in [-0.2, -0.15) is 0 Å². The largest absolute Gasteiger partial charge is 0.481 e. The summed E-state index contributed by atoms with van der Waals surface area (Å²) in [5, 5.41) is 2.92. The molecular weight excluding hydrogens is 262 g/mol. The molecule has 1 unspecified atom stereocenters. The van der Waals surface area contributed by atoms with Gasteiger partial charge in [-0.25, -0.2) is 0 Å². The summed E-state index contributed by atoms with van der Waals surface area (Å²) in [6.45, 7) is 7.77. The molecule has 0 aromatic heterocycles. The highest BCUT2D eigenvalue weighted by atomic mass is 16.5. The highest BCUT2D eigenvalue weighted by molar-refractivity contribution is 5.94. The Hall–Kier alpha value is -2.29. The van der Waals surface area contributed by atoms with Crippen LogP contribution in [0, 0.1) is 20.8 Å². The summed E-state index contributed by atoms with van der Waals surface area (Å²) in [6.07, 6.45) is -0.549. The van der Waals surface area contributed by atoms with Gasteiger partial charge in [0.15, 0.2) is 6.10 Å². The number of anilines is 1. The number of aryl methyl sites for hydroxylation is 2. The minimum atomic E-state index is -0.549. The monoisotopic (exact) mass is 283 g/mol. The van der Waals surface area contributed by atoms with E-state index in [2.05, 4.69) is 5.32 Å². The Kier molecular flexibility index (Phi) is 4.63. The zero-order valence-electron chi connectivity index (χ0n) is 12.9. The first-order valence-electron chi connectivity index (χ1n) is 7.08. The molecule has 1 N–H and O–H groups in total. The fourth-order valence-electron chi connectivity index (χ4n) is 2.07. The Labute approximate surface area is 126 Å². The van der Waals surface area contributed by atoms with E-state index in [0.29, 0.717) is 5.75 Å². The summed E-state index contributed by atoms with van der Waals surface area (Å²) >= 11 is 0. The number of benzene rings is 2. The van der Waals surface area contributed by atoms with E-state index in [-0.39, 0.29) is 5.91 Å². The quantitative estimate of drug-likeness (QED) is 0.920. The van der Waals surface area contributed by atoms with Crippen molar-refractivity contribution in [2.75, 3.05) is 5.32 Å². The smallest absolute Gasteiger partial charge is 0.265 e. The van der Waals surface area contributed by atoms with Crippen LogP contribution in [0.15, 0.2) is 42.5 Å². The third-order valence-electron chi connectivity index (χ3n) is 3.53. The molecule has 0 heterocycles. The molecule has 0 radical (unpaired) electrons. The zero-order chi connectivity index (χ0) is 15.4. The number of carbonyl (C=O) groups excluding carboxylic acids is 1. The second-order valence-corrected chi connectivity index (χ2v) is 5.31. The summed E-state index contributed by atoms with van der Waals surface area (Å²) < 4.78 is 5.69. The van der Waals surface area contributed by atoms with Crippen molar-refractivity contribution in [3.05, 3.63) is 59.2 Å². The third kappa shape index (κ3) is 3.85. The molecule has 1 amide bonds. The second kappa shape index (κ2) is 6.44. The van der Waals surface area contributed by atoms with Crippen LogP contribution in [0.3, 0.4) is 0 Å². The summed E-state index contributed by atoms with van der Waals surface area (Å²) in [5.41, 5.74) is 4.17. The van der Waals surface area contributed by atoms with Crippen molar-refractivity contribution in [1.29, 1.82) is 0 Å². The van der Waals surface area contributed by atoms with E-state index in [1.165, 1.54) is 0 Å². The van der Waals surface area contributed by atoms with Crippen LogP contribution >= 0.6 is 0 Å². The minimum Gasteiger partial charge on any atom is -0.481 e. The van der Waals surface area contributed by atoms with E-state index in [1.807, 2.05) is 63.2 Å². The Balaban J connectivity index is 2.04. The van der Waals surface area contributed by atoms with Crippen molar-refractivity contribution in [3.63, 3.8) is 0 Å². The van der Waals surface area contributed by atoms with Crippen molar-refractivity contribution in [2.45, 2.75) is 33.8 Å². The van der Waals surface area contributed by atoms with Crippen LogP contribution in [0.2, 0.25) is 0 Å². The Morgan fingerprint density at radius 3 is 2.52 bits per heavy atom. The predicted molar refractivity (Wildman–Crippen MR) is 85.8 cm³/mol. The molecular formula is C18H21NO2. The van der Waals surface area contributed by atoms with E-state index < -0.39 is 6.10 Å². The Morgan fingerprint density at radius 2 is 1.81 bits per heavy atom. The second-order valence-electron chi connectivity index (χ2n) is 5.31. The van der Waals surface area contributed by atoms with Crippen LogP contribution in [0.1, 0.15) is 23.6 Å². The first-order valence-corrected chi connectivity index (χ1v) is 7.08. The molecule has 0 saturated heterocycles. The van der Waals surface area contributed by atoms with E-state index in [1.54, 1.807) is 6.92 Å². The van der Waals surface area contributed by atoms with Crippen molar-refractivity contribution in [1.82, 2.24) is 0 Å². The molecule has 2 rings (SSSR count). The lowest BCUT2D eigenvalue weighted by molar-refractivity contribution is -0.122. The molecule has 21 heavy (non-hydrogen) atoms. The van der Waals surface area contributed by atoms with E-state index in [4.69, 9.17) is 4.74 Å². The number of nitrogens with one attached hydrogen (secondary N) is 1. The lowest BCUT2D eigenvalue weighted by atomic mass is 10.1. The molecule has 0 saturated carbocycles. The number of hydrogen-bond donors (Lipinski definition) is 1. The maximum Gasteiger partial charge on any atom is 0.265 e. The van der Waals surface area contributed by atoms with Gasteiger partial charge in [-0.15, -0.1) is 0 Å². The number of carbonyl (C=O) groups is 1. The van der Waals surface area contributed by atoms with Crippen molar-refractivity contribution in [3.8, 4) is 5.75 Å². The SMILES string of the molecule is Cc1cccc(OC(C)C(=O)Nc2cccc(C)c2C)c1. The average Bonchev–Trinajstić information content (AvgIpc) is 2.44. The number of hydrogen-bond acceptors (Lipinski definition) is 2. The van der Waals surface area contributed by atoms with Gasteiger partial charge in [0, 0.05) is 5.69 Å². The van der Waals surface area contributed by atoms with E-state index in [0.717, 1.165) is 22.4 Å². The fraction of sp³-hybridized carbons (Fsp3) is 0.278. The number of ether oxygens (including phenoxy) is 1. The van der Waals surface area contributed by atoms with E-state index >= 15 is 0 Å². The minimum absolute atomic E-state index is 0.148. The Bertz CT molecular complexity index is 649. The van der Waals surface area contributed by atoms with Gasteiger partial charge in [0.25, 0.3) is 5.91 Å². The lowest BCUT2D eigenvalue weighted by Crippen LogP contribution is -2.30. The summed E-state index contributed by atoms with van der Waals surface area (Å²) in [6, 6.07) is 13.5. The lowest BCUT2D eigenvalue weighted by Gasteiger charge is -2.16. The van der Waals surface area contributed by atoms with Gasteiger partial charge in [0.05, 0.1) is 0 Å². The van der Waals surface area contributed by atoms with Gasteiger partial charge in [-0.05, 0) is 62.6 Å². The van der Waals surface area contributed by atoms with Crippen LogP contribution in [-0.2, 0) is 4.79 Å². The van der Waals surface area contributed by atoms with Gasteiger partial charge in [0.2, 0.25) is 0 Å². The van der Waals surface area contributed by atoms with Crippen molar-refractivity contribution in [2.24, 2.45) is 0 Å². The van der Waals surface area contributed by atoms with Crippen LogP contribution < -0.4 is 10.1 Å². The molecule has 0 aliphatic carbocycles. The van der Waals surface area contributed by atoms with Crippen molar-refractivity contribution < 1.29 is 9.53 Å². The fourth-order valence-corrected chi connectivity index (χ4v) is 2.07. The van der Waals surface area contributed by atoms with Gasteiger partial charge >= 0.3 is 0 Å². The first-order chi connectivity index (χ1) is 9.97. The van der Waals surface area contributed by atoms with Crippen LogP contribution in [0.5, 0.6) is 5.75 Å². The molecule has 2 aromatic carbocycles. The molecule has 0 aliphatic rings. The summed E-state index contributed by atoms with van der Waals surface area (Å²) in [5.74, 6) is 0.559. The van der Waals surface area contributed by atoms with Crippen LogP contribution in [0.4, 0.5) is 5.69 Å². The summed E-state index contributed by atoms with van der Waals surface area (Å²) in [7, 11) is 0. The maximum absolute atomic E-state index is 12.2.